The maximum Gasteiger partial charge on any atom is 0.207 e. The van der Waals surface area contributed by atoms with Crippen molar-refractivity contribution in [1.82, 2.24) is 9.55 Å². The highest BCUT2D eigenvalue weighted by molar-refractivity contribution is 6.35. The van der Waals surface area contributed by atoms with E-state index in [2.05, 4.69) is 24.1 Å². The molecular formula is C13H14Cl2FN3. The summed E-state index contributed by atoms with van der Waals surface area (Å²) in [5.74, 6) is 0.0588. The van der Waals surface area contributed by atoms with Crippen molar-refractivity contribution in [1.29, 1.82) is 0 Å². The Morgan fingerprint density at radius 3 is 2.37 bits per heavy atom. The number of hydrogen-bond donors (Lipinski definition) is 1. The number of halogens is 3. The number of rotatable bonds is 3. The van der Waals surface area contributed by atoms with E-state index in [0.717, 1.165) is 5.69 Å². The summed E-state index contributed by atoms with van der Waals surface area (Å²) in [5.41, 5.74) is 1.50. The molecule has 0 saturated heterocycles. The summed E-state index contributed by atoms with van der Waals surface area (Å²) < 4.78 is 15.3. The number of benzene rings is 1. The Hall–Kier alpha value is -1.26. The van der Waals surface area contributed by atoms with Crippen LogP contribution in [-0.2, 0) is 0 Å². The van der Waals surface area contributed by atoms with Crippen LogP contribution >= 0.6 is 23.2 Å². The zero-order valence-electron chi connectivity index (χ0n) is 10.8. The van der Waals surface area contributed by atoms with Gasteiger partial charge in [-0.2, -0.15) is 0 Å². The summed E-state index contributed by atoms with van der Waals surface area (Å²) >= 11 is 11.5. The summed E-state index contributed by atoms with van der Waals surface area (Å²) in [6.07, 6.45) is 1.94. The monoisotopic (exact) mass is 301 g/mol. The van der Waals surface area contributed by atoms with Crippen LogP contribution in [0.2, 0.25) is 10.0 Å². The number of anilines is 2. The van der Waals surface area contributed by atoms with Crippen LogP contribution in [-0.4, -0.2) is 9.55 Å². The molecule has 2 rings (SSSR count). The molecule has 0 aliphatic rings. The van der Waals surface area contributed by atoms with E-state index in [9.17, 15) is 4.39 Å². The Balaban J connectivity index is 2.36. The van der Waals surface area contributed by atoms with Gasteiger partial charge in [-0.3, -0.25) is 0 Å². The van der Waals surface area contributed by atoms with Gasteiger partial charge in [0.2, 0.25) is 5.95 Å². The van der Waals surface area contributed by atoms with Crippen molar-refractivity contribution in [2.24, 2.45) is 0 Å². The Labute approximate surface area is 121 Å². The predicted molar refractivity (Wildman–Crippen MR) is 77.1 cm³/mol. The summed E-state index contributed by atoms with van der Waals surface area (Å²) in [6, 6.07) is 3.23. The van der Waals surface area contributed by atoms with Crippen LogP contribution in [0, 0.1) is 12.7 Å². The average molecular weight is 302 g/mol. The topological polar surface area (TPSA) is 29.9 Å². The maximum absolute atomic E-state index is 13.3. The number of nitrogens with one attached hydrogen (secondary N) is 1. The van der Waals surface area contributed by atoms with Crippen LogP contribution < -0.4 is 5.32 Å². The van der Waals surface area contributed by atoms with Crippen molar-refractivity contribution in [3.05, 3.63) is 39.9 Å². The van der Waals surface area contributed by atoms with E-state index in [0.29, 0.717) is 11.6 Å². The molecule has 1 aromatic carbocycles. The molecule has 1 heterocycles. The number of aryl methyl sites for hydroxylation is 1. The molecule has 0 saturated carbocycles. The second kappa shape index (κ2) is 5.39. The molecule has 0 aliphatic carbocycles. The average Bonchev–Trinajstić information content (AvgIpc) is 2.67. The van der Waals surface area contributed by atoms with Gasteiger partial charge in [-0.05, 0) is 32.9 Å². The zero-order chi connectivity index (χ0) is 14.2. The van der Waals surface area contributed by atoms with Gasteiger partial charge >= 0.3 is 0 Å². The fourth-order valence-corrected chi connectivity index (χ4v) is 2.25. The highest BCUT2D eigenvalue weighted by Crippen LogP contribution is 2.29. The molecule has 0 spiro atoms. The lowest BCUT2D eigenvalue weighted by Gasteiger charge is -2.13. The molecule has 6 heteroatoms. The first-order valence-corrected chi connectivity index (χ1v) is 6.61. The van der Waals surface area contributed by atoms with Crippen LogP contribution in [0.1, 0.15) is 25.6 Å². The lowest BCUT2D eigenvalue weighted by Crippen LogP contribution is -2.05. The van der Waals surface area contributed by atoms with E-state index < -0.39 is 5.82 Å². The third kappa shape index (κ3) is 3.01. The van der Waals surface area contributed by atoms with Gasteiger partial charge in [-0.1, -0.05) is 23.2 Å². The van der Waals surface area contributed by atoms with Crippen LogP contribution in [0.5, 0.6) is 0 Å². The van der Waals surface area contributed by atoms with Crippen LogP contribution in [0.4, 0.5) is 16.0 Å². The highest BCUT2D eigenvalue weighted by Gasteiger charge is 2.12. The summed E-state index contributed by atoms with van der Waals surface area (Å²) in [5, 5.41) is 3.06. The van der Waals surface area contributed by atoms with Gasteiger partial charge in [0.15, 0.2) is 5.82 Å². The third-order valence-corrected chi connectivity index (χ3v) is 3.20. The molecule has 0 fully saturated rings. The molecule has 19 heavy (non-hydrogen) atoms. The highest BCUT2D eigenvalue weighted by atomic mass is 35.5. The fourth-order valence-electron chi connectivity index (χ4n) is 1.76. The number of imidazole rings is 1. The van der Waals surface area contributed by atoms with Gasteiger partial charge in [-0.25, -0.2) is 9.37 Å². The van der Waals surface area contributed by atoms with E-state index in [-0.39, 0.29) is 16.1 Å². The molecule has 0 radical (unpaired) electrons. The fraction of sp³-hybridized carbons (Fsp3) is 0.308. The van der Waals surface area contributed by atoms with Gasteiger partial charge < -0.3 is 9.88 Å². The molecular weight excluding hydrogens is 288 g/mol. The second-order valence-corrected chi connectivity index (χ2v) is 5.40. The van der Waals surface area contributed by atoms with Gasteiger partial charge in [-0.15, -0.1) is 0 Å². The first-order valence-electron chi connectivity index (χ1n) is 5.85. The van der Waals surface area contributed by atoms with Crippen molar-refractivity contribution in [3.63, 3.8) is 0 Å². The lowest BCUT2D eigenvalue weighted by atomic mass is 10.3. The number of nitrogens with zero attached hydrogens (tertiary/aromatic N) is 2. The number of aromatic nitrogens is 2. The summed E-state index contributed by atoms with van der Waals surface area (Å²) in [7, 11) is 0. The van der Waals surface area contributed by atoms with Crippen LogP contribution in [0.25, 0.3) is 0 Å². The van der Waals surface area contributed by atoms with Crippen molar-refractivity contribution >= 4 is 34.8 Å². The first-order chi connectivity index (χ1) is 8.88. The molecule has 0 aliphatic heterocycles. The normalized spacial score (nSPS) is 11.1. The van der Waals surface area contributed by atoms with Gasteiger partial charge in [0.25, 0.3) is 0 Å². The van der Waals surface area contributed by atoms with E-state index in [1.54, 1.807) is 0 Å². The molecule has 3 nitrogen and oxygen atoms in total. The largest absolute Gasteiger partial charge is 0.325 e. The standard InChI is InChI=1S/C13H14Cl2FN3/c1-7(2)19-6-8(3)17-13(19)18-9-4-10(14)12(16)11(15)5-9/h4-7H,1-3H3,(H,17,18). The van der Waals surface area contributed by atoms with E-state index in [1.807, 2.05) is 17.7 Å². The predicted octanol–water partition coefficient (Wildman–Crippen LogP) is 4.96. The quantitative estimate of drug-likeness (QED) is 0.812. The molecule has 0 unspecified atom stereocenters. The molecule has 0 atom stereocenters. The van der Waals surface area contributed by atoms with E-state index in [4.69, 9.17) is 23.2 Å². The van der Waals surface area contributed by atoms with Crippen LogP contribution in [0.15, 0.2) is 18.3 Å². The molecule has 0 bridgehead atoms. The minimum Gasteiger partial charge on any atom is -0.325 e. The Bertz CT molecular complexity index is 585. The number of hydrogen-bond acceptors (Lipinski definition) is 2. The van der Waals surface area contributed by atoms with Crippen molar-refractivity contribution in [2.75, 3.05) is 5.32 Å². The molecule has 1 aromatic heterocycles. The Morgan fingerprint density at radius 1 is 1.26 bits per heavy atom. The van der Waals surface area contributed by atoms with E-state index in [1.165, 1.54) is 12.1 Å². The SMILES string of the molecule is Cc1cn(C(C)C)c(Nc2cc(Cl)c(F)c(Cl)c2)n1. The minimum absolute atomic E-state index is 0.0191. The van der Waals surface area contributed by atoms with Crippen molar-refractivity contribution < 1.29 is 4.39 Å². The molecule has 102 valence electrons. The van der Waals surface area contributed by atoms with Crippen LogP contribution in [0.3, 0.4) is 0 Å². The van der Waals surface area contributed by atoms with E-state index >= 15 is 0 Å². The molecule has 2 aromatic rings. The minimum atomic E-state index is -0.614. The summed E-state index contributed by atoms with van der Waals surface area (Å²) in [6.45, 7) is 6.02. The lowest BCUT2D eigenvalue weighted by molar-refractivity contribution is 0.607. The second-order valence-electron chi connectivity index (χ2n) is 4.59. The van der Waals surface area contributed by atoms with Crippen molar-refractivity contribution in [3.8, 4) is 0 Å². The first kappa shape index (κ1) is 14.2. The maximum atomic E-state index is 13.3. The zero-order valence-corrected chi connectivity index (χ0v) is 12.3. The van der Waals surface area contributed by atoms with Gasteiger partial charge in [0, 0.05) is 17.9 Å². The Kier molecular flexibility index (Phi) is 4.02. The summed E-state index contributed by atoms with van der Waals surface area (Å²) in [4.78, 5) is 4.38. The third-order valence-electron chi connectivity index (χ3n) is 2.65. The Morgan fingerprint density at radius 2 is 1.84 bits per heavy atom. The van der Waals surface area contributed by atoms with Crippen molar-refractivity contribution in [2.45, 2.75) is 26.8 Å². The molecule has 0 amide bonds. The van der Waals surface area contributed by atoms with Gasteiger partial charge in [0.05, 0.1) is 15.7 Å². The molecule has 1 N–H and O–H groups in total. The smallest absolute Gasteiger partial charge is 0.207 e. The van der Waals surface area contributed by atoms with Gasteiger partial charge in [0.1, 0.15) is 0 Å².